The average Bonchev–Trinajstić information content (AvgIpc) is 3.10. The van der Waals surface area contributed by atoms with E-state index in [1.807, 2.05) is 4.57 Å². The molecule has 0 aliphatic rings. The first-order chi connectivity index (χ1) is 13.6. The molecule has 6 nitrogen and oxygen atoms in total. The number of nitrogens with zero attached hydrogens (tertiary/aromatic N) is 2. The van der Waals surface area contributed by atoms with Crippen LogP contribution in [0.15, 0.2) is 59.9 Å². The van der Waals surface area contributed by atoms with Crippen molar-refractivity contribution < 1.29 is 19.0 Å². The Balaban J connectivity index is 1.65. The molecule has 0 spiro atoms. The average molecular weight is 401 g/mol. The molecule has 0 aliphatic carbocycles. The summed E-state index contributed by atoms with van der Waals surface area (Å²) in [4.78, 5) is 16.6. The second kappa shape index (κ2) is 9.38. The summed E-state index contributed by atoms with van der Waals surface area (Å²) in [5.41, 5.74) is 2.15. The van der Waals surface area contributed by atoms with Crippen molar-refractivity contribution in [2.75, 3.05) is 18.2 Å². The van der Waals surface area contributed by atoms with Gasteiger partial charge in [-0.25, -0.2) is 9.37 Å². The summed E-state index contributed by atoms with van der Waals surface area (Å²) in [7, 11) is 1.57. The number of imidazole rings is 1. The molecule has 0 radical (unpaired) electrons. The molecule has 1 aromatic heterocycles. The maximum atomic E-state index is 13.1. The minimum Gasteiger partial charge on any atom is -0.497 e. The summed E-state index contributed by atoms with van der Waals surface area (Å²) in [5.74, 6) is 0.330. The maximum Gasteiger partial charge on any atom is 0.234 e. The molecule has 2 aromatic carbocycles. The van der Waals surface area contributed by atoms with Gasteiger partial charge < -0.3 is 19.7 Å². The van der Waals surface area contributed by atoms with Gasteiger partial charge in [-0.1, -0.05) is 30.0 Å². The molecule has 146 valence electrons. The zero-order valence-electron chi connectivity index (χ0n) is 15.3. The lowest BCUT2D eigenvalue weighted by atomic mass is 10.2. The number of nitrogens with one attached hydrogen (secondary N) is 1. The van der Waals surface area contributed by atoms with Gasteiger partial charge in [0.05, 0.1) is 31.4 Å². The molecular weight excluding hydrogens is 381 g/mol. The Hall–Kier alpha value is -2.84. The Labute approximate surface area is 166 Å². The van der Waals surface area contributed by atoms with E-state index in [1.165, 1.54) is 23.9 Å². The van der Waals surface area contributed by atoms with Crippen LogP contribution in [0.3, 0.4) is 0 Å². The van der Waals surface area contributed by atoms with Gasteiger partial charge in [0.25, 0.3) is 0 Å². The number of thioether (sulfide) groups is 1. The lowest BCUT2D eigenvalue weighted by Crippen LogP contribution is -2.15. The zero-order valence-corrected chi connectivity index (χ0v) is 16.1. The minimum atomic E-state index is -0.305. The largest absolute Gasteiger partial charge is 0.497 e. The number of hydrogen-bond acceptors (Lipinski definition) is 5. The highest BCUT2D eigenvalue weighted by Gasteiger charge is 2.13. The fourth-order valence-electron chi connectivity index (χ4n) is 2.60. The van der Waals surface area contributed by atoms with Crippen LogP contribution in [0.2, 0.25) is 0 Å². The first kappa shape index (κ1) is 19.9. The van der Waals surface area contributed by atoms with Gasteiger partial charge in [0.2, 0.25) is 5.91 Å². The minimum absolute atomic E-state index is 0.155. The van der Waals surface area contributed by atoms with Gasteiger partial charge in [0.1, 0.15) is 11.6 Å². The van der Waals surface area contributed by atoms with Crippen molar-refractivity contribution in [3.8, 4) is 5.75 Å². The van der Waals surface area contributed by atoms with Gasteiger partial charge in [-0.05, 0) is 29.8 Å². The highest BCUT2D eigenvalue weighted by Crippen LogP contribution is 2.22. The number of benzene rings is 2. The van der Waals surface area contributed by atoms with Gasteiger partial charge in [-0.3, -0.25) is 4.79 Å². The molecule has 0 saturated heterocycles. The summed E-state index contributed by atoms with van der Waals surface area (Å²) in [5, 5.41) is 13.0. The zero-order chi connectivity index (χ0) is 19.9. The number of halogens is 1. The van der Waals surface area contributed by atoms with E-state index in [9.17, 15) is 14.3 Å². The second-order valence-electron chi connectivity index (χ2n) is 5.97. The Morgan fingerprint density at radius 3 is 2.79 bits per heavy atom. The molecule has 0 saturated carbocycles. The number of methoxy groups -OCH3 is 1. The SMILES string of the molecule is COc1cccc(NC(=O)CSc2ncc(CO)n2Cc2ccc(F)cc2)c1. The molecule has 0 fully saturated rings. The fraction of sp³-hybridized carbons (Fsp3) is 0.200. The van der Waals surface area contributed by atoms with Crippen molar-refractivity contribution in [2.45, 2.75) is 18.3 Å². The summed E-state index contributed by atoms with van der Waals surface area (Å²) in [6, 6.07) is 13.3. The summed E-state index contributed by atoms with van der Waals surface area (Å²) in [6.07, 6.45) is 1.58. The lowest BCUT2D eigenvalue weighted by molar-refractivity contribution is -0.113. The van der Waals surface area contributed by atoms with Crippen LogP contribution in [0.1, 0.15) is 11.3 Å². The Bertz CT molecular complexity index is 944. The van der Waals surface area contributed by atoms with E-state index < -0.39 is 0 Å². The maximum absolute atomic E-state index is 13.1. The smallest absolute Gasteiger partial charge is 0.234 e. The van der Waals surface area contributed by atoms with E-state index >= 15 is 0 Å². The van der Waals surface area contributed by atoms with Gasteiger partial charge in [-0.15, -0.1) is 0 Å². The summed E-state index contributed by atoms with van der Waals surface area (Å²) in [6.45, 7) is 0.251. The second-order valence-corrected chi connectivity index (χ2v) is 6.91. The van der Waals surface area contributed by atoms with Crippen LogP contribution in [0.4, 0.5) is 10.1 Å². The molecule has 1 amide bonds. The van der Waals surface area contributed by atoms with E-state index in [0.29, 0.717) is 28.8 Å². The normalized spacial score (nSPS) is 10.7. The molecule has 0 bridgehead atoms. The summed E-state index contributed by atoms with van der Waals surface area (Å²) < 4.78 is 20.1. The van der Waals surface area contributed by atoms with Gasteiger partial charge >= 0.3 is 0 Å². The molecular formula is C20H20FN3O3S. The Morgan fingerprint density at radius 2 is 2.07 bits per heavy atom. The molecule has 3 rings (SSSR count). The molecule has 2 N–H and O–H groups in total. The summed E-state index contributed by atoms with van der Waals surface area (Å²) >= 11 is 1.27. The van der Waals surface area contributed by atoms with E-state index in [-0.39, 0.29) is 24.1 Å². The van der Waals surface area contributed by atoms with Crippen LogP contribution < -0.4 is 10.1 Å². The first-order valence-electron chi connectivity index (χ1n) is 8.55. The predicted octanol–water partition coefficient (Wildman–Crippen LogP) is 3.30. The van der Waals surface area contributed by atoms with Crippen LogP contribution in [-0.4, -0.2) is 33.4 Å². The molecule has 8 heteroatoms. The highest BCUT2D eigenvalue weighted by atomic mass is 32.2. The van der Waals surface area contributed by atoms with E-state index in [2.05, 4.69) is 10.3 Å². The van der Waals surface area contributed by atoms with Gasteiger partial charge in [0.15, 0.2) is 5.16 Å². The standard InChI is InChI=1S/C20H20FN3O3S/c1-27-18-4-2-3-16(9-18)23-19(26)13-28-20-22-10-17(12-25)24(20)11-14-5-7-15(21)8-6-14/h2-10,25H,11-13H2,1H3,(H,23,26). The van der Waals surface area contributed by atoms with Crippen LogP contribution in [-0.2, 0) is 17.9 Å². The van der Waals surface area contributed by atoms with Crippen LogP contribution in [0, 0.1) is 5.82 Å². The van der Waals surface area contributed by atoms with E-state index in [4.69, 9.17) is 4.74 Å². The quantitative estimate of drug-likeness (QED) is 0.567. The first-order valence-corrected chi connectivity index (χ1v) is 9.54. The lowest BCUT2D eigenvalue weighted by Gasteiger charge is -2.11. The van der Waals surface area contributed by atoms with E-state index in [1.54, 1.807) is 49.7 Å². The number of hydrogen-bond donors (Lipinski definition) is 2. The van der Waals surface area contributed by atoms with Crippen molar-refractivity contribution in [3.05, 3.63) is 71.8 Å². The number of aromatic nitrogens is 2. The van der Waals surface area contributed by atoms with E-state index in [0.717, 1.165) is 5.56 Å². The Kier molecular flexibility index (Phi) is 6.67. The Morgan fingerprint density at radius 1 is 1.29 bits per heavy atom. The number of carbonyl (C=O) groups is 1. The molecule has 0 aliphatic heterocycles. The third kappa shape index (κ3) is 5.11. The third-order valence-electron chi connectivity index (χ3n) is 4.00. The predicted molar refractivity (Wildman–Crippen MR) is 106 cm³/mol. The van der Waals surface area contributed by atoms with Crippen molar-refractivity contribution in [3.63, 3.8) is 0 Å². The number of anilines is 1. The van der Waals surface area contributed by atoms with Gasteiger partial charge in [0, 0.05) is 18.3 Å². The van der Waals surface area contributed by atoms with Crippen molar-refractivity contribution in [1.82, 2.24) is 9.55 Å². The number of aliphatic hydroxyl groups excluding tert-OH is 1. The number of aliphatic hydroxyl groups is 1. The van der Waals surface area contributed by atoms with Gasteiger partial charge in [-0.2, -0.15) is 0 Å². The monoisotopic (exact) mass is 401 g/mol. The number of ether oxygens (including phenoxy) is 1. The van der Waals surface area contributed by atoms with Crippen molar-refractivity contribution in [1.29, 1.82) is 0 Å². The fourth-order valence-corrected chi connectivity index (χ4v) is 3.40. The molecule has 3 aromatic rings. The molecule has 28 heavy (non-hydrogen) atoms. The number of rotatable bonds is 8. The third-order valence-corrected chi connectivity index (χ3v) is 4.99. The highest BCUT2D eigenvalue weighted by molar-refractivity contribution is 7.99. The van der Waals surface area contributed by atoms with Crippen molar-refractivity contribution in [2.24, 2.45) is 0 Å². The topological polar surface area (TPSA) is 76.4 Å². The molecule has 1 heterocycles. The molecule has 0 atom stereocenters. The molecule has 0 unspecified atom stereocenters. The van der Waals surface area contributed by atoms with Crippen LogP contribution in [0.25, 0.3) is 0 Å². The van der Waals surface area contributed by atoms with Crippen molar-refractivity contribution >= 4 is 23.4 Å². The number of amides is 1. The number of carbonyl (C=O) groups excluding carboxylic acids is 1. The van der Waals surface area contributed by atoms with Crippen LogP contribution >= 0.6 is 11.8 Å². The van der Waals surface area contributed by atoms with Crippen LogP contribution in [0.5, 0.6) is 5.75 Å².